The maximum absolute atomic E-state index is 12.8. The van der Waals surface area contributed by atoms with Crippen molar-refractivity contribution in [1.82, 2.24) is 4.90 Å². The van der Waals surface area contributed by atoms with Gasteiger partial charge in [-0.3, -0.25) is 0 Å². The zero-order chi connectivity index (χ0) is 17.0. The number of nitrogens with zero attached hydrogens (tertiary/aromatic N) is 2. The van der Waals surface area contributed by atoms with Crippen LogP contribution >= 0.6 is 0 Å². The Morgan fingerprint density at radius 1 is 1.33 bits per heavy atom. The molecule has 0 aromatic heterocycles. The number of hydrogen-bond acceptors (Lipinski definition) is 3. The molecule has 1 heterocycles. The molecule has 130 valence electrons. The van der Waals surface area contributed by atoms with Crippen LogP contribution < -0.4 is 10.2 Å². The van der Waals surface area contributed by atoms with Crippen molar-refractivity contribution >= 4 is 17.4 Å². The van der Waals surface area contributed by atoms with Crippen molar-refractivity contribution in [2.45, 2.75) is 44.9 Å². The fourth-order valence-electron chi connectivity index (χ4n) is 4.95. The fourth-order valence-corrected chi connectivity index (χ4v) is 4.95. The van der Waals surface area contributed by atoms with E-state index in [-0.39, 0.29) is 18.2 Å². The quantitative estimate of drug-likeness (QED) is 0.896. The Morgan fingerprint density at radius 3 is 2.83 bits per heavy atom. The van der Waals surface area contributed by atoms with Gasteiger partial charge in [0.05, 0.1) is 12.1 Å². The minimum atomic E-state index is -0.335. The molecule has 1 saturated heterocycles. The van der Waals surface area contributed by atoms with Crippen LogP contribution in [0.25, 0.3) is 0 Å². The molecule has 0 unspecified atom stereocenters. The van der Waals surface area contributed by atoms with Gasteiger partial charge in [0.2, 0.25) is 0 Å². The smallest absolute Gasteiger partial charge is 0.322 e. The van der Waals surface area contributed by atoms with E-state index in [4.69, 9.17) is 0 Å². The summed E-state index contributed by atoms with van der Waals surface area (Å²) in [5.41, 5.74) is 1.90. The van der Waals surface area contributed by atoms with Crippen LogP contribution in [-0.2, 0) is 0 Å². The Kier molecular flexibility index (Phi) is 3.71. The summed E-state index contributed by atoms with van der Waals surface area (Å²) in [7, 11) is 2.05. The van der Waals surface area contributed by atoms with Crippen molar-refractivity contribution in [1.29, 1.82) is 0 Å². The van der Waals surface area contributed by atoms with Crippen LogP contribution in [0, 0.1) is 17.8 Å². The summed E-state index contributed by atoms with van der Waals surface area (Å²) in [4.78, 5) is 16.8. The Labute approximate surface area is 143 Å². The molecule has 2 amide bonds. The summed E-state index contributed by atoms with van der Waals surface area (Å²) in [6.45, 7) is 5.08. The number of aliphatic hydroxyl groups excluding tert-OH is 1. The van der Waals surface area contributed by atoms with Crippen LogP contribution in [0.1, 0.15) is 26.7 Å². The lowest BCUT2D eigenvalue weighted by Gasteiger charge is -2.29. The van der Waals surface area contributed by atoms with Crippen molar-refractivity contribution in [2.75, 3.05) is 23.8 Å². The highest BCUT2D eigenvalue weighted by atomic mass is 16.3. The van der Waals surface area contributed by atoms with Gasteiger partial charge in [-0.25, -0.2) is 4.79 Å². The minimum absolute atomic E-state index is 0.0234. The largest absolute Gasteiger partial charge is 0.391 e. The molecular weight excluding hydrogens is 302 g/mol. The lowest BCUT2D eigenvalue weighted by molar-refractivity contribution is 0.0631. The van der Waals surface area contributed by atoms with Crippen LogP contribution in [-0.4, -0.2) is 47.8 Å². The van der Waals surface area contributed by atoms with E-state index >= 15 is 0 Å². The van der Waals surface area contributed by atoms with Gasteiger partial charge in [-0.15, -0.1) is 0 Å². The fraction of sp³-hybridized carbons (Fsp3) is 0.632. The molecule has 5 atom stereocenters. The van der Waals surface area contributed by atoms with E-state index in [0.29, 0.717) is 23.8 Å². The molecule has 4 rings (SSSR count). The van der Waals surface area contributed by atoms with Gasteiger partial charge in [0.15, 0.2) is 0 Å². The zero-order valence-corrected chi connectivity index (χ0v) is 14.6. The number of hydrogen-bond donors (Lipinski definition) is 2. The number of amides is 2. The molecule has 5 nitrogen and oxygen atoms in total. The molecule has 3 fully saturated rings. The van der Waals surface area contributed by atoms with Gasteiger partial charge < -0.3 is 20.2 Å². The highest BCUT2D eigenvalue weighted by Crippen LogP contribution is 2.54. The molecule has 5 heteroatoms. The van der Waals surface area contributed by atoms with Gasteiger partial charge in [-0.2, -0.15) is 0 Å². The molecule has 1 aliphatic heterocycles. The summed E-state index contributed by atoms with van der Waals surface area (Å²) in [5.74, 6) is 1.51. The first kappa shape index (κ1) is 15.8. The van der Waals surface area contributed by atoms with E-state index in [1.807, 2.05) is 23.1 Å². The van der Waals surface area contributed by atoms with E-state index in [9.17, 15) is 9.90 Å². The third kappa shape index (κ3) is 2.37. The number of nitrogens with one attached hydrogen (secondary N) is 1. The monoisotopic (exact) mass is 329 g/mol. The van der Waals surface area contributed by atoms with Gasteiger partial charge in [-0.1, -0.05) is 6.07 Å². The van der Waals surface area contributed by atoms with Crippen LogP contribution in [0.4, 0.5) is 16.2 Å². The molecule has 0 radical (unpaired) electrons. The number of carbonyl (C=O) groups is 1. The van der Waals surface area contributed by atoms with Crippen molar-refractivity contribution < 1.29 is 9.90 Å². The predicted molar refractivity (Wildman–Crippen MR) is 95.2 cm³/mol. The standard InChI is InChI=1S/C19H27N3O2/c1-11(2)21(3)15-6-4-5-14(9-15)20-19(24)22-10-13-7-12-8-16(13)17(22)18(12)23/h4-6,9,11-13,16-18,23H,7-8,10H2,1-3H3,(H,20,24)/t12-,13-,16+,17-,18+/m0/s1. The van der Waals surface area contributed by atoms with Gasteiger partial charge >= 0.3 is 6.03 Å². The highest BCUT2D eigenvalue weighted by Gasteiger charge is 2.59. The highest BCUT2D eigenvalue weighted by molar-refractivity contribution is 5.90. The number of carbonyl (C=O) groups excluding carboxylic acids is 1. The first-order valence-electron chi connectivity index (χ1n) is 9.04. The summed E-state index contributed by atoms with van der Waals surface area (Å²) >= 11 is 0. The Hall–Kier alpha value is -1.75. The van der Waals surface area contributed by atoms with E-state index < -0.39 is 0 Å². The normalized spacial score (nSPS) is 33.4. The third-order valence-electron chi connectivity index (χ3n) is 6.39. The van der Waals surface area contributed by atoms with E-state index in [0.717, 1.165) is 30.8 Å². The zero-order valence-electron chi connectivity index (χ0n) is 14.6. The van der Waals surface area contributed by atoms with Crippen LogP contribution in [0.3, 0.4) is 0 Å². The Balaban J connectivity index is 1.48. The minimum Gasteiger partial charge on any atom is -0.391 e. The van der Waals surface area contributed by atoms with E-state index in [1.165, 1.54) is 0 Å². The number of fused-ring (bicyclic) bond motifs is 1. The first-order valence-corrected chi connectivity index (χ1v) is 9.04. The SMILES string of the molecule is CC(C)N(C)c1cccc(NC(=O)N2C[C@@H]3C[C@H]4C[C@H]3[C@H]2[C@@H]4O)c1. The molecule has 2 saturated carbocycles. The Morgan fingerprint density at radius 2 is 2.12 bits per heavy atom. The molecule has 2 aliphatic carbocycles. The topological polar surface area (TPSA) is 55.8 Å². The van der Waals surface area contributed by atoms with E-state index in [1.54, 1.807) is 0 Å². The second kappa shape index (κ2) is 5.66. The molecule has 3 aliphatic rings. The summed E-state index contributed by atoms with van der Waals surface area (Å²) in [6.07, 6.45) is 1.84. The second-order valence-corrected chi connectivity index (χ2v) is 7.97. The number of rotatable bonds is 3. The van der Waals surface area contributed by atoms with Gasteiger partial charge in [0, 0.05) is 31.0 Å². The molecule has 2 bridgehead atoms. The van der Waals surface area contributed by atoms with Gasteiger partial charge in [-0.05, 0) is 62.6 Å². The lowest BCUT2D eigenvalue weighted by Crippen LogP contribution is -2.45. The van der Waals surface area contributed by atoms with Crippen LogP contribution in [0.5, 0.6) is 0 Å². The average molecular weight is 329 g/mol. The van der Waals surface area contributed by atoms with Crippen molar-refractivity contribution in [2.24, 2.45) is 17.8 Å². The number of benzene rings is 1. The van der Waals surface area contributed by atoms with Crippen molar-refractivity contribution in [3.63, 3.8) is 0 Å². The summed E-state index contributed by atoms with van der Waals surface area (Å²) < 4.78 is 0. The summed E-state index contributed by atoms with van der Waals surface area (Å²) in [5, 5.41) is 13.5. The first-order chi connectivity index (χ1) is 11.5. The number of urea groups is 1. The maximum atomic E-state index is 12.8. The number of likely N-dealkylation sites (tertiary alicyclic amines) is 1. The van der Waals surface area contributed by atoms with Crippen LogP contribution in [0.2, 0.25) is 0 Å². The molecule has 1 aromatic rings. The van der Waals surface area contributed by atoms with Gasteiger partial charge in [0.25, 0.3) is 0 Å². The van der Waals surface area contributed by atoms with Crippen molar-refractivity contribution in [3.8, 4) is 0 Å². The van der Waals surface area contributed by atoms with Gasteiger partial charge in [0.1, 0.15) is 0 Å². The Bertz CT molecular complexity index is 645. The van der Waals surface area contributed by atoms with E-state index in [2.05, 4.69) is 37.2 Å². The molecule has 24 heavy (non-hydrogen) atoms. The van der Waals surface area contributed by atoms with Crippen molar-refractivity contribution in [3.05, 3.63) is 24.3 Å². The number of aliphatic hydroxyl groups is 1. The third-order valence-corrected chi connectivity index (χ3v) is 6.39. The lowest BCUT2D eigenvalue weighted by atomic mass is 9.88. The second-order valence-electron chi connectivity index (χ2n) is 7.97. The molecule has 2 N–H and O–H groups in total. The molecule has 1 aromatic carbocycles. The molecule has 0 spiro atoms. The average Bonchev–Trinajstić information content (AvgIpc) is 3.16. The predicted octanol–water partition coefficient (Wildman–Crippen LogP) is 2.76. The number of anilines is 2. The maximum Gasteiger partial charge on any atom is 0.322 e. The molecular formula is C19H27N3O2. The summed E-state index contributed by atoms with van der Waals surface area (Å²) in [6, 6.07) is 8.31. The van der Waals surface area contributed by atoms with Crippen LogP contribution in [0.15, 0.2) is 24.3 Å².